The van der Waals surface area contributed by atoms with Crippen molar-refractivity contribution in [2.24, 2.45) is 5.73 Å². The van der Waals surface area contributed by atoms with Crippen LogP contribution in [-0.4, -0.2) is 31.5 Å². The van der Waals surface area contributed by atoms with Crippen molar-refractivity contribution in [3.63, 3.8) is 0 Å². The molecule has 0 aliphatic rings. The topological polar surface area (TPSA) is 44.5 Å². The molecule has 8 heteroatoms. The Hall–Kier alpha value is -0.790. The maximum atomic E-state index is 12.0. The highest BCUT2D eigenvalue weighted by atomic mass is 35.5. The Balaban J connectivity index is 2.69. The lowest BCUT2D eigenvalue weighted by molar-refractivity contribution is -0.0329. The second-order valence-corrected chi connectivity index (χ2v) is 5.36. The second kappa shape index (κ2) is 7.85. The fraction of sp³-hybridized carbons (Fsp3) is 0.500. The first-order chi connectivity index (χ1) is 9.37. The molecule has 0 radical (unpaired) electrons. The van der Waals surface area contributed by atoms with Gasteiger partial charge in [-0.1, -0.05) is 11.6 Å². The monoisotopic (exact) mass is 329 g/mol. The van der Waals surface area contributed by atoms with E-state index in [2.05, 4.69) is 0 Å². The van der Waals surface area contributed by atoms with Crippen molar-refractivity contribution in [2.45, 2.75) is 11.9 Å². The number of rotatable bonds is 7. The number of methoxy groups -OCH3 is 1. The number of benzene rings is 1. The Bertz CT molecular complexity index is 443. The normalized spacial score (nSPS) is 11.5. The van der Waals surface area contributed by atoms with Crippen molar-refractivity contribution >= 4 is 23.4 Å². The molecule has 3 nitrogen and oxygen atoms in total. The van der Waals surface area contributed by atoms with Gasteiger partial charge in [0, 0.05) is 5.75 Å². The van der Waals surface area contributed by atoms with E-state index in [0.717, 1.165) is 5.56 Å². The lowest BCUT2D eigenvalue weighted by Gasteiger charge is -2.14. The number of nitrogens with two attached hydrogens (primary N) is 1. The third-order valence-corrected chi connectivity index (χ3v) is 3.30. The zero-order chi connectivity index (χ0) is 15.2. The highest BCUT2D eigenvalue weighted by Crippen LogP contribution is 2.37. The van der Waals surface area contributed by atoms with Crippen LogP contribution in [0, 0.1) is 0 Å². The predicted octanol–water partition coefficient (Wildman–Crippen LogP) is 3.48. The summed E-state index contributed by atoms with van der Waals surface area (Å²) >= 11 is 5.90. The first-order valence-electron chi connectivity index (χ1n) is 5.77. The summed E-state index contributed by atoms with van der Waals surface area (Å²) < 4.78 is 46.4. The van der Waals surface area contributed by atoms with Crippen LogP contribution in [0.4, 0.5) is 13.2 Å². The van der Waals surface area contributed by atoms with Gasteiger partial charge in [-0.3, -0.25) is 0 Å². The zero-order valence-corrected chi connectivity index (χ0v) is 12.4. The van der Waals surface area contributed by atoms with Gasteiger partial charge in [0.2, 0.25) is 0 Å². The Morgan fingerprint density at radius 1 is 1.35 bits per heavy atom. The van der Waals surface area contributed by atoms with Crippen LogP contribution in [0.15, 0.2) is 12.1 Å². The molecule has 20 heavy (non-hydrogen) atoms. The molecule has 2 N–H and O–H groups in total. The van der Waals surface area contributed by atoms with Crippen LogP contribution >= 0.6 is 23.4 Å². The highest BCUT2D eigenvalue weighted by molar-refractivity contribution is 8.00. The van der Waals surface area contributed by atoms with E-state index in [1.807, 2.05) is 0 Å². The van der Waals surface area contributed by atoms with Crippen LogP contribution in [0.25, 0.3) is 0 Å². The summed E-state index contributed by atoms with van der Waals surface area (Å²) in [6, 6.07) is 3.38. The molecule has 0 heterocycles. The van der Waals surface area contributed by atoms with Crippen LogP contribution in [0.2, 0.25) is 5.02 Å². The molecule has 1 aromatic rings. The minimum atomic E-state index is -4.26. The van der Waals surface area contributed by atoms with E-state index in [0.29, 0.717) is 23.7 Å². The van der Waals surface area contributed by atoms with Gasteiger partial charge in [-0.15, -0.1) is 0 Å². The first kappa shape index (κ1) is 17.3. The van der Waals surface area contributed by atoms with Crippen molar-refractivity contribution < 1.29 is 22.6 Å². The van der Waals surface area contributed by atoms with Crippen molar-refractivity contribution in [2.75, 3.05) is 26.0 Å². The van der Waals surface area contributed by atoms with Crippen LogP contribution in [0.3, 0.4) is 0 Å². The van der Waals surface area contributed by atoms with Gasteiger partial charge in [0.05, 0.1) is 18.7 Å². The Labute approximate surface area is 124 Å². The molecule has 0 unspecified atom stereocenters. The smallest absolute Gasteiger partial charge is 0.441 e. The molecule has 0 bridgehead atoms. The highest BCUT2D eigenvalue weighted by Gasteiger charge is 2.27. The molecule has 0 aliphatic carbocycles. The predicted molar refractivity (Wildman–Crippen MR) is 74.8 cm³/mol. The van der Waals surface area contributed by atoms with Gasteiger partial charge in [0.1, 0.15) is 0 Å². The van der Waals surface area contributed by atoms with Gasteiger partial charge in [-0.2, -0.15) is 13.2 Å². The van der Waals surface area contributed by atoms with Gasteiger partial charge in [-0.25, -0.2) is 0 Å². The van der Waals surface area contributed by atoms with Crippen molar-refractivity contribution in [1.29, 1.82) is 0 Å². The molecule has 0 aliphatic heterocycles. The minimum absolute atomic E-state index is 0.115. The fourth-order valence-electron chi connectivity index (χ4n) is 1.53. The van der Waals surface area contributed by atoms with E-state index in [-0.39, 0.29) is 29.9 Å². The van der Waals surface area contributed by atoms with Gasteiger partial charge >= 0.3 is 5.51 Å². The SMILES string of the molecule is COc1cc(CCN)cc(Cl)c1OCCSC(F)(F)F. The van der Waals surface area contributed by atoms with E-state index in [4.69, 9.17) is 26.8 Å². The molecule has 1 rings (SSSR count). The van der Waals surface area contributed by atoms with Crippen LogP contribution in [0.5, 0.6) is 11.5 Å². The summed E-state index contributed by atoms with van der Waals surface area (Å²) in [7, 11) is 1.44. The second-order valence-electron chi connectivity index (χ2n) is 3.79. The molecule has 0 saturated heterocycles. The maximum Gasteiger partial charge on any atom is 0.441 e. The number of hydrogen-bond acceptors (Lipinski definition) is 4. The largest absolute Gasteiger partial charge is 0.493 e. The molecule has 0 atom stereocenters. The molecule has 0 fully saturated rings. The molecule has 0 spiro atoms. The molecule has 0 saturated carbocycles. The zero-order valence-electron chi connectivity index (χ0n) is 10.8. The lowest BCUT2D eigenvalue weighted by Crippen LogP contribution is -2.08. The van der Waals surface area contributed by atoms with E-state index in [1.54, 1.807) is 12.1 Å². The lowest BCUT2D eigenvalue weighted by atomic mass is 10.1. The van der Waals surface area contributed by atoms with E-state index in [9.17, 15) is 13.2 Å². The average Bonchev–Trinajstić information content (AvgIpc) is 2.35. The molecule has 1 aromatic carbocycles. The van der Waals surface area contributed by atoms with Gasteiger partial charge in [0.25, 0.3) is 0 Å². The van der Waals surface area contributed by atoms with Crippen LogP contribution in [0.1, 0.15) is 5.56 Å². The van der Waals surface area contributed by atoms with Gasteiger partial charge < -0.3 is 15.2 Å². The summed E-state index contributed by atoms with van der Waals surface area (Å²) in [6.07, 6.45) is 0.625. The van der Waals surface area contributed by atoms with Crippen molar-refractivity contribution in [3.8, 4) is 11.5 Å². The summed E-state index contributed by atoms with van der Waals surface area (Å²) in [5, 5.41) is 0.296. The third-order valence-electron chi connectivity index (χ3n) is 2.32. The Kier molecular flexibility index (Phi) is 6.78. The minimum Gasteiger partial charge on any atom is -0.493 e. The average molecular weight is 330 g/mol. The van der Waals surface area contributed by atoms with Crippen molar-refractivity contribution in [3.05, 3.63) is 22.7 Å². The summed E-state index contributed by atoms with van der Waals surface area (Å²) in [6.45, 7) is 0.346. The number of halogens is 4. The number of thioether (sulfide) groups is 1. The first-order valence-corrected chi connectivity index (χ1v) is 7.13. The van der Waals surface area contributed by atoms with Crippen LogP contribution in [-0.2, 0) is 6.42 Å². The fourth-order valence-corrected chi connectivity index (χ4v) is 2.21. The summed E-state index contributed by atoms with van der Waals surface area (Å²) in [5.41, 5.74) is 2.07. The quantitative estimate of drug-likeness (QED) is 0.778. The Morgan fingerprint density at radius 2 is 2.05 bits per heavy atom. The number of alkyl halides is 3. The molecule has 114 valence electrons. The van der Waals surface area contributed by atoms with Gasteiger partial charge in [0.15, 0.2) is 11.5 Å². The Morgan fingerprint density at radius 3 is 2.60 bits per heavy atom. The summed E-state index contributed by atoms with van der Waals surface area (Å²) in [4.78, 5) is 0. The van der Waals surface area contributed by atoms with Crippen LogP contribution < -0.4 is 15.2 Å². The van der Waals surface area contributed by atoms with Gasteiger partial charge in [-0.05, 0) is 42.4 Å². The standard InChI is InChI=1S/C12H15ClF3NO2S/c1-18-10-7-8(2-3-17)6-9(13)11(10)19-4-5-20-12(14,15)16/h6-7H,2-5,17H2,1H3. The van der Waals surface area contributed by atoms with E-state index in [1.165, 1.54) is 7.11 Å². The number of ether oxygens (including phenoxy) is 2. The molecular formula is C12H15ClF3NO2S. The third kappa shape index (κ3) is 5.68. The maximum absolute atomic E-state index is 12.0. The van der Waals surface area contributed by atoms with E-state index < -0.39 is 5.51 Å². The summed E-state index contributed by atoms with van der Waals surface area (Å²) in [5.74, 6) is 0.420. The van der Waals surface area contributed by atoms with E-state index >= 15 is 0 Å². The van der Waals surface area contributed by atoms with Crippen molar-refractivity contribution in [1.82, 2.24) is 0 Å². The molecule has 0 amide bonds. The molecule has 0 aromatic heterocycles. The number of hydrogen-bond donors (Lipinski definition) is 1. The molecular weight excluding hydrogens is 315 g/mol.